The van der Waals surface area contributed by atoms with E-state index in [-0.39, 0.29) is 17.0 Å². The van der Waals surface area contributed by atoms with Crippen molar-refractivity contribution in [2.75, 3.05) is 6.54 Å². The van der Waals surface area contributed by atoms with Gasteiger partial charge in [0.25, 0.3) is 0 Å². The molecular weight excluding hydrogens is 254 g/mol. The van der Waals surface area contributed by atoms with Gasteiger partial charge in [-0.1, -0.05) is 12.1 Å². The number of hydrogen-bond donors (Lipinski definition) is 4. The summed E-state index contributed by atoms with van der Waals surface area (Å²) in [6.07, 6.45) is -0.616. The van der Waals surface area contributed by atoms with Gasteiger partial charge in [-0.2, -0.15) is 0 Å². The van der Waals surface area contributed by atoms with Crippen molar-refractivity contribution in [2.24, 2.45) is 0 Å². The Hall–Kier alpha value is -1.78. The topological polar surface area (TPSA) is 72.7 Å². The summed E-state index contributed by atoms with van der Waals surface area (Å²) in [6.45, 7) is 6.59. The zero-order chi connectivity index (χ0) is 14.9. The van der Waals surface area contributed by atoms with Gasteiger partial charge < -0.3 is 20.6 Å². The third-order valence-electron chi connectivity index (χ3n) is 3.17. The minimum Gasteiger partial charge on any atom is -0.504 e. The predicted octanol–water partition coefficient (Wildman–Crippen LogP) is 2.67. The number of aliphatic hydroxyl groups excluding tert-OH is 1. The normalized spacial score (nSPS) is 13.6. The van der Waals surface area contributed by atoms with Crippen molar-refractivity contribution < 1.29 is 15.3 Å². The zero-order valence-electron chi connectivity index (χ0n) is 12.0. The van der Waals surface area contributed by atoms with E-state index < -0.39 is 6.10 Å². The van der Waals surface area contributed by atoms with E-state index in [1.807, 2.05) is 39.0 Å². The molecule has 4 N–H and O–H groups in total. The summed E-state index contributed by atoms with van der Waals surface area (Å²) >= 11 is 0. The third kappa shape index (κ3) is 3.40. The molecule has 2 aromatic rings. The van der Waals surface area contributed by atoms with Crippen molar-refractivity contribution in [2.45, 2.75) is 32.4 Å². The Morgan fingerprint density at radius 1 is 1.00 bits per heavy atom. The molecule has 0 aliphatic heterocycles. The maximum absolute atomic E-state index is 10.2. The van der Waals surface area contributed by atoms with E-state index in [9.17, 15) is 15.3 Å². The van der Waals surface area contributed by atoms with Gasteiger partial charge in [0, 0.05) is 12.1 Å². The number of benzene rings is 2. The lowest BCUT2D eigenvalue weighted by atomic mass is 10.0. The Balaban J connectivity index is 2.25. The summed E-state index contributed by atoms with van der Waals surface area (Å²) < 4.78 is 0. The lowest BCUT2D eigenvalue weighted by molar-refractivity contribution is 0.163. The fourth-order valence-corrected chi connectivity index (χ4v) is 2.02. The van der Waals surface area contributed by atoms with Gasteiger partial charge in [0.15, 0.2) is 11.5 Å². The summed E-state index contributed by atoms with van der Waals surface area (Å²) in [4.78, 5) is 0. The van der Waals surface area contributed by atoms with E-state index >= 15 is 0 Å². The van der Waals surface area contributed by atoms with Gasteiger partial charge in [0.1, 0.15) is 0 Å². The number of phenolic OH excluding ortho intramolecular Hbond substituents is 2. The van der Waals surface area contributed by atoms with Gasteiger partial charge >= 0.3 is 0 Å². The summed E-state index contributed by atoms with van der Waals surface area (Å²) in [6, 6.07) is 8.48. The van der Waals surface area contributed by atoms with Gasteiger partial charge in [0.05, 0.1) is 6.10 Å². The minimum absolute atomic E-state index is 0.0537. The van der Waals surface area contributed by atoms with E-state index in [0.29, 0.717) is 6.54 Å². The number of fused-ring (bicyclic) bond motifs is 1. The van der Waals surface area contributed by atoms with Crippen LogP contribution in [0.1, 0.15) is 32.4 Å². The van der Waals surface area contributed by atoms with Crippen LogP contribution in [0.3, 0.4) is 0 Å². The number of nitrogens with one attached hydrogen (secondary N) is 1. The molecule has 4 nitrogen and oxygen atoms in total. The molecule has 1 unspecified atom stereocenters. The lowest BCUT2D eigenvalue weighted by Crippen LogP contribution is -2.38. The number of hydrogen-bond acceptors (Lipinski definition) is 4. The molecule has 0 fully saturated rings. The molecule has 2 rings (SSSR count). The standard InChI is InChI=1S/C16H21NO3/c1-16(2,3)17-9-15(20)11-5-4-10-7-13(18)14(19)8-12(10)6-11/h4-8,15,17-20H,9H2,1-3H3. The predicted molar refractivity (Wildman–Crippen MR) is 80.0 cm³/mol. The lowest BCUT2D eigenvalue weighted by Gasteiger charge is -2.23. The maximum atomic E-state index is 10.2. The van der Waals surface area contributed by atoms with Crippen LogP contribution in [0.5, 0.6) is 11.5 Å². The van der Waals surface area contributed by atoms with E-state index in [4.69, 9.17) is 0 Å². The van der Waals surface area contributed by atoms with Crippen LogP contribution in [0, 0.1) is 0 Å². The van der Waals surface area contributed by atoms with Crippen molar-refractivity contribution in [3.8, 4) is 11.5 Å². The first-order valence-electron chi connectivity index (χ1n) is 6.65. The van der Waals surface area contributed by atoms with Crippen LogP contribution in [0.2, 0.25) is 0 Å². The molecule has 0 aliphatic rings. The molecule has 4 heteroatoms. The number of aromatic hydroxyl groups is 2. The third-order valence-corrected chi connectivity index (χ3v) is 3.17. The van der Waals surface area contributed by atoms with Crippen LogP contribution in [-0.2, 0) is 0 Å². The highest BCUT2D eigenvalue weighted by molar-refractivity contribution is 5.86. The second-order valence-electron chi connectivity index (χ2n) is 6.09. The van der Waals surface area contributed by atoms with E-state index in [2.05, 4.69) is 5.32 Å². The van der Waals surface area contributed by atoms with Gasteiger partial charge in [-0.15, -0.1) is 0 Å². The van der Waals surface area contributed by atoms with E-state index in [1.54, 1.807) is 0 Å². The highest BCUT2D eigenvalue weighted by Crippen LogP contribution is 2.31. The Kier molecular flexibility index (Phi) is 3.88. The molecular formula is C16H21NO3. The Morgan fingerprint density at radius 3 is 2.20 bits per heavy atom. The molecule has 0 heterocycles. The molecule has 0 bridgehead atoms. The van der Waals surface area contributed by atoms with Gasteiger partial charge in [-0.05, 0) is 55.3 Å². The second-order valence-corrected chi connectivity index (χ2v) is 6.09. The molecule has 0 spiro atoms. The molecule has 108 valence electrons. The molecule has 0 aromatic heterocycles. The Morgan fingerprint density at radius 2 is 1.60 bits per heavy atom. The van der Waals surface area contributed by atoms with Crippen LogP contribution >= 0.6 is 0 Å². The summed E-state index contributed by atoms with van der Waals surface area (Å²) in [5, 5.41) is 34.0. The molecule has 0 saturated heterocycles. The average Bonchev–Trinajstić information content (AvgIpc) is 2.36. The molecule has 0 saturated carbocycles. The quantitative estimate of drug-likeness (QED) is 0.650. The Labute approximate surface area is 118 Å². The first kappa shape index (κ1) is 14.6. The van der Waals surface area contributed by atoms with E-state index in [0.717, 1.165) is 16.3 Å². The van der Waals surface area contributed by atoms with Gasteiger partial charge in [-0.25, -0.2) is 0 Å². The van der Waals surface area contributed by atoms with Crippen LogP contribution < -0.4 is 5.32 Å². The van der Waals surface area contributed by atoms with Gasteiger partial charge in [-0.3, -0.25) is 0 Å². The number of phenols is 2. The Bertz CT molecular complexity index is 617. The molecule has 1 atom stereocenters. The van der Waals surface area contributed by atoms with Gasteiger partial charge in [0.2, 0.25) is 0 Å². The number of aliphatic hydroxyl groups is 1. The first-order chi connectivity index (χ1) is 9.26. The van der Waals surface area contributed by atoms with Crippen LogP contribution in [-0.4, -0.2) is 27.4 Å². The smallest absolute Gasteiger partial charge is 0.158 e. The van der Waals surface area contributed by atoms with Crippen molar-refractivity contribution in [3.63, 3.8) is 0 Å². The fraction of sp³-hybridized carbons (Fsp3) is 0.375. The molecule has 0 radical (unpaired) electrons. The fourth-order valence-electron chi connectivity index (χ4n) is 2.02. The SMILES string of the molecule is CC(C)(C)NCC(O)c1ccc2cc(O)c(O)cc2c1. The molecule has 2 aromatic carbocycles. The number of β-amino-alcohol motifs (C(OH)–C–C–N with tert-alkyl or cyclic N) is 1. The monoisotopic (exact) mass is 275 g/mol. The summed E-state index contributed by atoms with van der Waals surface area (Å²) in [5.41, 5.74) is 0.723. The molecule has 0 amide bonds. The molecule has 0 aliphatic carbocycles. The van der Waals surface area contributed by atoms with Crippen LogP contribution in [0.15, 0.2) is 30.3 Å². The zero-order valence-corrected chi connectivity index (χ0v) is 12.0. The highest BCUT2D eigenvalue weighted by Gasteiger charge is 2.14. The second kappa shape index (κ2) is 5.31. The molecule has 20 heavy (non-hydrogen) atoms. The highest BCUT2D eigenvalue weighted by atomic mass is 16.3. The van der Waals surface area contributed by atoms with Crippen molar-refractivity contribution in [1.29, 1.82) is 0 Å². The largest absolute Gasteiger partial charge is 0.504 e. The number of rotatable bonds is 3. The maximum Gasteiger partial charge on any atom is 0.158 e. The first-order valence-corrected chi connectivity index (χ1v) is 6.65. The van der Waals surface area contributed by atoms with Crippen LogP contribution in [0.25, 0.3) is 10.8 Å². The summed E-state index contributed by atoms with van der Waals surface area (Å²) in [7, 11) is 0. The van der Waals surface area contributed by atoms with Crippen LogP contribution in [0.4, 0.5) is 0 Å². The minimum atomic E-state index is -0.616. The summed E-state index contributed by atoms with van der Waals surface area (Å²) in [5.74, 6) is -0.294. The van der Waals surface area contributed by atoms with Crippen molar-refractivity contribution in [1.82, 2.24) is 5.32 Å². The van der Waals surface area contributed by atoms with Crippen molar-refractivity contribution >= 4 is 10.8 Å². The average molecular weight is 275 g/mol. The van der Waals surface area contributed by atoms with Crippen molar-refractivity contribution in [3.05, 3.63) is 35.9 Å². The van der Waals surface area contributed by atoms with E-state index in [1.165, 1.54) is 12.1 Å².